The van der Waals surface area contributed by atoms with E-state index in [1.807, 2.05) is 6.54 Å². The van der Waals surface area contributed by atoms with Crippen molar-refractivity contribution < 1.29 is 4.92 Å². The first-order chi connectivity index (χ1) is 8.74. The van der Waals surface area contributed by atoms with Crippen molar-refractivity contribution in [1.29, 1.82) is 0 Å². The Morgan fingerprint density at radius 1 is 1.33 bits per heavy atom. The minimum absolute atomic E-state index is 0.0932. The van der Waals surface area contributed by atoms with E-state index >= 15 is 0 Å². The maximum Gasteiger partial charge on any atom is 0.269 e. The summed E-state index contributed by atoms with van der Waals surface area (Å²) < 4.78 is 0. The van der Waals surface area contributed by atoms with Gasteiger partial charge in [0.25, 0.3) is 5.69 Å². The Labute approximate surface area is 108 Å². The number of nitrogens with one attached hydrogen (secondary N) is 1. The molecule has 18 heavy (non-hydrogen) atoms. The van der Waals surface area contributed by atoms with Gasteiger partial charge in [0, 0.05) is 18.7 Å². The second kappa shape index (κ2) is 8.47. The van der Waals surface area contributed by atoms with Crippen LogP contribution < -0.4 is 10.6 Å². The molecule has 1 aromatic carbocycles. The third-order valence-corrected chi connectivity index (χ3v) is 2.49. The monoisotopic (exact) mass is 249 g/mol. The normalized spacial score (nSPS) is 10.3. The highest BCUT2D eigenvalue weighted by Gasteiger charge is 2.03. The number of nitro benzene ring substituents is 1. The van der Waals surface area contributed by atoms with Crippen molar-refractivity contribution in [2.45, 2.75) is 26.2 Å². The summed E-state index contributed by atoms with van der Waals surface area (Å²) in [5.74, 6) is 0. The number of nitro groups is 1. The van der Waals surface area contributed by atoms with Crippen LogP contribution in [0.25, 0.3) is 0 Å². The van der Waals surface area contributed by atoms with Crippen LogP contribution in [0.1, 0.15) is 26.2 Å². The van der Waals surface area contributed by atoms with E-state index in [4.69, 9.17) is 0 Å². The van der Waals surface area contributed by atoms with Gasteiger partial charge in [-0.3, -0.25) is 15.4 Å². The standard InChI is InChI=1S/C13H19N3O2/c1-2-3-4-9-14-10-11-15-12-5-7-13(8-6-12)16(17)18/h5-8,10,14H,2-4,9,11H2,1H3. The number of rotatable bonds is 9. The third-order valence-electron chi connectivity index (χ3n) is 2.49. The van der Waals surface area contributed by atoms with Gasteiger partial charge in [-0.25, -0.2) is 0 Å². The highest BCUT2D eigenvalue weighted by Crippen LogP contribution is 2.15. The zero-order valence-corrected chi connectivity index (χ0v) is 10.6. The maximum absolute atomic E-state index is 10.5. The van der Waals surface area contributed by atoms with E-state index in [0.29, 0.717) is 6.54 Å². The van der Waals surface area contributed by atoms with Gasteiger partial charge in [0.05, 0.1) is 17.2 Å². The van der Waals surface area contributed by atoms with E-state index in [1.165, 1.54) is 31.4 Å². The van der Waals surface area contributed by atoms with E-state index in [-0.39, 0.29) is 5.69 Å². The van der Waals surface area contributed by atoms with Crippen LogP contribution in [0, 0.1) is 16.7 Å². The van der Waals surface area contributed by atoms with Gasteiger partial charge in [0.1, 0.15) is 0 Å². The SMILES string of the molecule is CCCCCN[CH]C[N]c1ccc([N+](=O)[O-])cc1. The van der Waals surface area contributed by atoms with E-state index in [2.05, 4.69) is 17.6 Å². The fraction of sp³-hybridized carbons (Fsp3) is 0.462. The second-order valence-electron chi connectivity index (χ2n) is 3.98. The first-order valence-corrected chi connectivity index (χ1v) is 6.21. The fourth-order valence-corrected chi connectivity index (χ4v) is 1.47. The zero-order valence-electron chi connectivity index (χ0n) is 10.6. The van der Waals surface area contributed by atoms with Crippen molar-refractivity contribution in [2.24, 2.45) is 0 Å². The highest BCUT2D eigenvalue weighted by molar-refractivity contribution is 5.43. The summed E-state index contributed by atoms with van der Waals surface area (Å²) in [6.45, 7) is 5.64. The van der Waals surface area contributed by atoms with Crippen LogP contribution >= 0.6 is 0 Å². The molecule has 1 N–H and O–H groups in total. The summed E-state index contributed by atoms with van der Waals surface area (Å²) in [6, 6.07) is 6.24. The topological polar surface area (TPSA) is 69.3 Å². The predicted octanol–water partition coefficient (Wildman–Crippen LogP) is 2.77. The molecule has 0 aliphatic heterocycles. The number of hydrogen-bond donors (Lipinski definition) is 1. The summed E-state index contributed by atoms with van der Waals surface area (Å²) in [5.41, 5.74) is 0.850. The molecule has 2 radical (unpaired) electrons. The van der Waals surface area contributed by atoms with Crippen LogP contribution in [0.5, 0.6) is 0 Å². The molecule has 5 heteroatoms. The Kier molecular flexibility index (Phi) is 6.79. The quantitative estimate of drug-likeness (QED) is 0.415. The molecule has 0 bridgehead atoms. The molecule has 0 unspecified atom stereocenters. The van der Waals surface area contributed by atoms with Crippen molar-refractivity contribution in [1.82, 2.24) is 10.6 Å². The molecular weight excluding hydrogens is 230 g/mol. The van der Waals surface area contributed by atoms with Crippen LogP contribution in [-0.4, -0.2) is 18.0 Å². The first-order valence-electron chi connectivity index (χ1n) is 6.21. The van der Waals surface area contributed by atoms with Gasteiger partial charge in [-0.05, 0) is 25.1 Å². The fourth-order valence-electron chi connectivity index (χ4n) is 1.47. The van der Waals surface area contributed by atoms with Gasteiger partial charge >= 0.3 is 0 Å². The molecule has 0 aliphatic rings. The second-order valence-corrected chi connectivity index (χ2v) is 3.98. The van der Waals surface area contributed by atoms with Gasteiger partial charge in [0.15, 0.2) is 0 Å². The molecule has 5 nitrogen and oxygen atoms in total. The van der Waals surface area contributed by atoms with Gasteiger partial charge in [-0.15, -0.1) is 0 Å². The van der Waals surface area contributed by atoms with Crippen molar-refractivity contribution >= 4 is 11.4 Å². The maximum atomic E-state index is 10.5. The van der Waals surface area contributed by atoms with Crippen molar-refractivity contribution in [2.75, 3.05) is 13.1 Å². The Bertz CT molecular complexity index is 352. The minimum atomic E-state index is -0.412. The molecule has 0 saturated carbocycles. The van der Waals surface area contributed by atoms with Crippen LogP contribution in [0.15, 0.2) is 24.3 Å². The number of non-ortho nitro benzene ring substituents is 1. The van der Waals surface area contributed by atoms with Crippen LogP contribution in [0.4, 0.5) is 11.4 Å². The lowest BCUT2D eigenvalue weighted by Gasteiger charge is -2.04. The molecule has 0 fully saturated rings. The molecule has 0 aliphatic carbocycles. The largest absolute Gasteiger partial charge is 0.311 e. The highest BCUT2D eigenvalue weighted by atomic mass is 16.6. The molecule has 0 spiro atoms. The molecule has 0 amide bonds. The van der Waals surface area contributed by atoms with Gasteiger partial charge < -0.3 is 5.32 Å². The smallest absolute Gasteiger partial charge is 0.269 e. The minimum Gasteiger partial charge on any atom is -0.311 e. The average molecular weight is 249 g/mol. The molecule has 0 aromatic heterocycles. The van der Waals surface area contributed by atoms with Gasteiger partial charge in [-0.2, -0.15) is 0 Å². The van der Waals surface area contributed by atoms with E-state index in [1.54, 1.807) is 12.1 Å². The van der Waals surface area contributed by atoms with Gasteiger partial charge in [-0.1, -0.05) is 19.8 Å². The number of nitrogens with zero attached hydrogens (tertiary/aromatic N) is 2. The molecule has 1 rings (SSSR count). The molecule has 0 heterocycles. The Morgan fingerprint density at radius 2 is 2.06 bits per heavy atom. The third kappa shape index (κ3) is 5.63. The Hall–Kier alpha value is -1.62. The number of benzene rings is 1. The zero-order chi connectivity index (χ0) is 13.2. The van der Waals surface area contributed by atoms with Crippen molar-refractivity contribution in [3.8, 4) is 0 Å². The summed E-state index contributed by atoms with van der Waals surface area (Å²) in [6.07, 6.45) is 3.62. The molecule has 0 atom stereocenters. The molecule has 98 valence electrons. The van der Waals surface area contributed by atoms with E-state index in [9.17, 15) is 10.1 Å². The number of hydrogen-bond acceptors (Lipinski definition) is 3. The van der Waals surface area contributed by atoms with E-state index in [0.717, 1.165) is 12.2 Å². The lowest BCUT2D eigenvalue weighted by molar-refractivity contribution is -0.384. The lowest BCUT2D eigenvalue weighted by atomic mass is 10.2. The summed E-state index contributed by atoms with van der Waals surface area (Å²) in [4.78, 5) is 10.0. The Morgan fingerprint density at radius 3 is 2.67 bits per heavy atom. The predicted molar refractivity (Wildman–Crippen MR) is 71.6 cm³/mol. The molecule has 1 aromatic rings. The number of unbranched alkanes of at least 4 members (excludes halogenated alkanes) is 2. The summed E-state index contributed by atoms with van der Waals surface area (Å²) in [7, 11) is 0. The van der Waals surface area contributed by atoms with Crippen LogP contribution in [0.2, 0.25) is 0 Å². The molecule has 0 saturated heterocycles. The Balaban J connectivity index is 2.14. The van der Waals surface area contributed by atoms with Crippen molar-refractivity contribution in [3.05, 3.63) is 40.9 Å². The lowest BCUT2D eigenvalue weighted by Crippen LogP contribution is -2.17. The van der Waals surface area contributed by atoms with Crippen LogP contribution in [-0.2, 0) is 0 Å². The average Bonchev–Trinajstić information content (AvgIpc) is 2.38. The summed E-state index contributed by atoms with van der Waals surface area (Å²) in [5, 5.41) is 17.9. The van der Waals surface area contributed by atoms with E-state index < -0.39 is 4.92 Å². The van der Waals surface area contributed by atoms with Gasteiger partial charge in [0.2, 0.25) is 0 Å². The van der Waals surface area contributed by atoms with Crippen LogP contribution in [0.3, 0.4) is 0 Å². The van der Waals surface area contributed by atoms with Crippen molar-refractivity contribution in [3.63, 3.8) is 0 Å². The summed E-state index contributed by atoms with van der Waals surface area (Å²) >= 11 is 0. The first kappa shape index (κ1) is 14.4. The molecular formula is C13H19N3O2.